The van der Waals surface area contributed by atoms with Gasteiger partial charge in [0.05, 0.1) is 17.5 Å². The van der Waals surface area contributed by atoms with Crippen molar-refractivity contribution in [2.24, 2.45) is 10.9 Å². The average molecular weight is 417 g/mol. The Labute approximate surface area is 148 Å². The number of carbonyl (C=O) groups excluding carboxylic acids is 1. The fourth-order valence-corrected chi connectivity index (χ4v) is 7.02. The molecular formula is C15H17BrN2O3S2. The van der Waals surface area contributed by atoms with E-state index in [4.69, 9.17) is 0 Å². The van der Waals surface area contributed by atoms with Crippen molar-refractivity contribution in [3.8, 4) is 0 Å². The first-order valence-corrected chi connectivity index (χ1v) is 10.8. The molecular weight excluding hydrogens is 400 g/mol. The fraction of sp³-hybridized carbons (Fsp3) is 0.467. The van der Waals surface area contributed by atoms with Gasteiger partial charge in [0.2, 0.25) is 0 Å². The molecule has 3 rings (SSSR count). The summed E-state index contributed by atoms with van der Waals surface area (Å²) in [6.07, 6.45) is 0. The first-order chi connectivity index (χ1) is 10.8. The Kier molecular flexibility index (Phi) is 4.59. The van der Waals surface area contributed by atoms with Crippen LogP contribution in [0.25, 0.3) is 0 Å². The number of aliphatic imine (C=N–C) groups is 1. The summed E-state index contributed by atoms with van der Waals surface area (Å²) in [4.78, 5) is 18.2. The molecule has 2 aliphatic heterocycles. The van der Waals surface area contributed by atoms with Crippen molar-refractivity contribution in [2.75, 3.05) is 16.4 Å². The van der Waals surface area contributed by atoms with Crippen LogP contribution in [0, 0.1) is 5.92 Å². The molecule has 8 heteroatoms. The van der Waals surface area contributed by atoms with Gasteiger partial charge in [-0.15, -0.1) is 0 Å². The number of hydrogen-bond donors (Lipinski definition) is 0. The van der Waals surface area contributed by atoms with Gasteiger partial charge in [0, 0.05) is 21.3 Å². The molecule has 0 spiro atoms. The van der Waals surface area contributed by atoms with E-state index in [1.54, 1.807) is 13.8 Å². The van der Waals surface area contributed by atoms with Gasteiger partial charge in [0.25, 0.3) is 5.91 Å². The highest BCUT2D eigenvalue weighted by atomic mass is 79.9. The van der Waals surface area contributed by atoms with E-state index in [0.717, 1.165) is 10.2 Å². The summed E-state index contributed by atoms with van der Waals surface area (Å²) < 4.78 is 24.8. The van der Waals surface area contributed by atoms with E-state index in [2.05, 4.69) is 20.9 Å². The molecule has 2 aliphatic rings. The molecule has 0 saturated carbocycles. The molecule has 23 heavy (non-hydrogen) atoms. The van der Waals surface area contributed by atoms with Gasteiger partial charge in [-0.1, -0.05) is 47.6 Å². The zero-order chi connectivity index (χ0) is 16.8. The molecule has 2 fully saturated rings. The van der Waals surface area contributed by atoms with Crippen molar-refractivity contribution in [3.63, 3.8) is 0 Å². The summed E-state index contributed by atoms with van der Waals surface area (Å²) in [6, 6.07) is 7.46. The monoisotopic (exact) mass is 416 g/mol. The molecule has 2 unspecified atom stereocenters. The predicted molar refractivity (Wildman–Crippen MR) is 97.7 cm³/mol. The summed E-state index contributed by atoms with van der Waals surface area (Å²) in [5.74, 6) is -0.125. The van der Waals surface area contributed by atoms with Crippen LogP contribution in [0.15, 0.2) is 33.7 Å². The highest BCUT2D eigenvalue weighted by molar-refractivity contribution is 9.10. The van der Waals surface area contributed by atoms with Crippen molar-refractivity contribution in [1.82, 2.24) is 0 Å². The van der Waals surface area contributed by atoms with Gasteiger partial charge in [-0.05, 0) is 18.2 Å². The van der Waals surface area contributed by atoms with Gasteiger partial charge in [-0.3, -0.25) is 4.79 Å². The average Bonchev–Trinajstić information content (AvgIpc) is 2.89. The maximum Gasteiger partial charge on any atom is 0.250 e. The summed E-state index contributed by atoms with van der Waals surface area (Å²) in [7, 11) is -3.04. The number of sulfone groups is 1. The van der Waals surface area contributed by atoms with Crippen molar-refractivity contribution in [2.45, 2.75) is 25.1 Å². The Balaban J connectivity index is 2.02. The molecule has 0 bridgehead atoms. The number of amides is 1. The van der Waals surface area contributed by atoms with E-state index in [-0.39, 0.29) is 34.6 Å². The van der Waals surface area contributed by atoms with E-state index >= 15 is 0 Å². The first-order valence-electron chi connectivity index (χ1n) is 7.31. The van der Waals surface area contributed by atoms with Crippen molar-refractivity contribution in [1.29, 1.82) is 0 Å². The standard InChI is InChI=1S/C15H17BrN2O3S2/c1-9(2)14(19)17-15-18(11-5-3-4-10(16)6-11)12-7-23(20,21)8-13(12)22-15/h3-6,9,12-13H,7-8H2,1-2H3. The molecule has 1 aromatic rings. The summed E-state index contributed by atoms with van der Waals surface area (Å²) in [5.41, 5.74) is 0.854. The Morgan fingerprint density at radius 3 is 2.78 bits per heavy atom. The molecule has 2 atom stereocenters. The number of anilines is 1. The number of amidine groups is 1. The molecule has 1 amide bonds. The lowest BCUT2D eigenvalue weighted by atomic mass is 10.2. The number of benzene rings is 1. The molecule has 1 aromatic carbocycles. The number of nitrogens with zero attached hydrogens (tertiary/aromatic N) is 2. The lowest BCUT2D eigenvalue weighted by Crippen LogP contribution is -2.37. The largest absolute Gasteiger partial charge is 0.316 e. The molecule has 0 aliphatic carbocycles. The van der Waals surface area contributed by atoms with Crippen LogP contribution in [0.5, 0.6) is 0 Å². The molecule has 0 N–H and O–H groups in total. The first kappa shape index (κ1) is 17.0. The number of thioether (sulfide) groups is 1. The van der Waals surface area contributed by atoms with Crippen LogP contribution >= 0.6 is 27.7 Å². The van der Waals surface area contributed by atoms with Crippen LogP contribution < -0.4 is 4.90 Å². The van der Waals surface area contributed by atoms with E-state index in [1.807, 2.05) is 29.2 Å². The number of fused-ring (bicyclic) bond motifs is 1. The van der Waals surface area contributed by atoms with Crippen LogP contribution in [0.3, 0.4) is 0 Å². The minimum Gasteiger partial charge on any atom is -0.316 e. The highest BCUT2D eigenvalue weighted by Gasteiger charge is 2.49. The summed E-state index contributed by atoms with van der Waals surface area (Å²) >= 11 is 4.84. The van der Waals surface area contributed by atoms with Gasteiger partial charge < -0.3 is 4.90 Å². The van der Waals surface area contributed by atoms with Crippen LogP contribution in [0.4, 0.5) is 5.69 Å². The third kappa shape index (κ3) is 3.49. The second-order valence-corrected chi connectivity index (χ2v) is 10.3. The molecule has 0 aromatic heterocycles. The van der Waals surface area contributed by atoms with Gasteiger partial charge in [0.15, 0.2) is 15.0 Å². The lowest BCUT2D eigenvalue weighted by Gasteiger charge is -2.24. The van der Waals surface area contributed by atoms with Crippen molar-refractivity contribution < 1.29 is 13.2 Å². The topological polar surface area (TPSA) is 66.8 Å². The number of rotatable bonds is 2. The zero-order valence-electron chi connectivity index (χ0n) is 12.8. The third-order valence-corrected chi connectivity index (χ3v) is 7.56. The van der Waals surface area contributed by atoms with Gasteiger partial charge in [0.1, 0.15) is 0 Å². The minimum absolute atomic E-state index is 0.0716. The molecule has 5 nitrogen and oxygen atoms in total. The fourth-order valence-electron chi connectivity index (χ4n) is 2.72. The molecule has 2 saturated heterocycles. The Morgan fingerprint density at radius 2 is 2.13 bits per heavy atom. The van der Waals surface area contributed by atoms with Crippen LogP contribution in [-0.2, 0) is 14.6 Å². The van der Waals surface area contributed by atoms with Gasteiger partial charge in [-0.2, -0.15) is 4.99 Å². The van der Waals surface area contributed by atoms with Crippen molar-refractivity contribution in [3.05, 3.63) is 28.7 Å². The Morgan fingerprint density at radius 1 is 1.39 bits per heavy atom. The number of carbonyl (C=O) groups is 1. The van der Waals surface area contributed by atoms with E-state index in [9.17, 15) is 13.2 Å². The quantitative estimate of drug-likeness (QED) is 0.741. The van der Waals surface area contributed by atoms with Gasteiger partial charge >= 0.3 is 0 Å². The summed E-state index contributed by atoms with van der Waals surface area (Å²) in [5, 5.41) is 0.532. The van der Waals surface area contributed by atoms with E-state index in [1.165, 1.54) is 11.8 Å². The number of halogens is 1. The maximum atomic E-state index is 12.0. The number of hydrogen-bond acceptors (Lipinski definition) is 4. The van der Waals surface area contributed by atoms with Crippen LogP contribution in [-0.4, -0.2) is 42.3 Å². The van der Waals surface area contributed by atoms with E-state index in [0.29, 0.717) is 5.17 Å². The normalized spacial score (nSPS) is 27.7. The van der Waals surface area contributed by atoms with Crippen molar-refractivity contribution >= 4 is 54.3 Å². The second-order valence-electron chi connectivity index (χ2n) is 6.04. The zero-order valence-corrected chi connectivity index (χ0v) is 16.0. The Hall–Kier alpha value is -0.860. The molecule has 2 heterocycles. The second kappa shape index (κ2) is 6.22. The smallest absolute Gasteiger partial charge is 0.250 e. The lowest BCUT2D eigenvalue weighted by molar-refractivity contribution is -0.120. The van der Waals surface area contributed by atoms with E-state index < -0.39 is 9.84 Å². The molecule has 0 radical (unpaired) electrons. The maximum absolute atomic E-state index is 12.0. The SMILES string of the molecule is CC(C)C(=O)N=C1SC2CS(=O)(=O)CC2N1c1cccc(Br)c1. The van der Waals surface area contributed by atoms with Crippen LogP contribution in [0.1, 0.15) is 13.8 Å². The highest BCUT2D eigenvalue weighted by Crippen LogP contribution is 2.41. The Bertz CT molecular complexity index is 777. The third-order valence-electron chi connectivity index (χ3n) is 3.85. The van der Waals surface area contributed by atoms with Crippen LogP contribution in [0.2, 0.25) is 0 Å². The minimum atomic E-state index is -3.04. The predicted octanol–water partition coefficient (Wildman–Crippen LogP) is 2.71. The van der Waals surface area contributed by atoms with Gasteiger partial charge in [-0.25, -0.2) is 8.42 Å². The summed E-state index contributed by atoms with van der Waals surface area (Å²) in [6.45, 7) is 3.61. The molecule has 124 valence electrons.